The highest BCUT2D eigenvalue weighted by molar-refractivity contribution is 7.89. The smallest absolute Gasteiger partial charge is 0.251 e. The van der Waals surface area contributed by atoms with Crippen LogP contribution in [0.2, 0.25) is 0 Å². The lowest BCUT2D eigenvalue weighted by molar-refractivity contribution is 0.0950. The molecule has 0 aromatic heterocycles. The molecule has 1 saturated heterocycles. The van der Waals surface area contributed by atoms with Crippen molar-refractivity contribution in [3.05, 3.63) is 53.1 Å². The van der Waals surface area contributed by atoms with Gasteiger partial charge in [0.1, 0.15) is 17.6 Å². The van der Waals surface area contributed by atoms with Crippen molar-refractivity contribution in [3.63, 3.8) is 0 Å². The Balaban J connectivity index is 1.43. The zero-order chi connectivity index (χ0) is 23.4. The second kappa shape index (κ2) is 10.1. The third-order valence-corrected chi connectivity index (χ3v) is 7.17. The first-order valence-electron chi connectivity index (χ1n) is 11.3. The number of carbonyl (C=O) groups excluding carboxylic acids is 1. The normalized spacial score (nSPS) is 19.7. The summed E-state index contributed by atoms with van der Waals surface area (Å²) in [6.07, 6.45) is 2.59. The fourth-order valence-corrected chi connectivity index (χ4v) is 5.19. The van der Waals surface area contributed by atoms with E-state index in [4.69, 9.17) is 14.2 Å². The first-order chi connectivity index (χ1) is 15.9. The molecule has 2 aromatic carbocycles. The number of benzene rings is 2. The maximum absolute atomic E-state index is 12.8. The minimum Gasteiger partial charge on any atom is -0.494 e. The second-order valence-electron chi connectivity index (χ2n) is 8.33. The molecule has 2 atom stereocenters. The lowest BCUT2D eigenvalue weighted by Gasteiger charge is -2.14. The molecule has 0 spiro atoms. The first kappa shape index (κ1) is 23.5. The van der Waals surface area contributed by atoms with Crippen LogP contribution < -0.4 is 19.5 Å². The van der Waals surface area contributed by atoms with E-state index in [-0.39, 0.29) is 41.7 Å². The second-order valence-corrected chi connectivity index (χ2v) is 10.1. The van der Waals surface area contributed by atoms with Gasteiger partial charge in [0.05, 0.1) is 17.6 Å². The average Bonchev–Trinajstić information content (AvgIpc) is 3.45. The van der Waals surface area contributed by atoms with Gasteiger partial charge in [-0.05, 0) is 57.0 Å². The molecule has 2 aromatic rings. The molecule has 0 bridgehead atoms. The van der Waals surface area contributed by atoms with Crippen molar-refractivity contribution in [2.24, 2.45) is 0 Å². The van der Waals surface area contributed by atoms with E-state index in [1.807, 2.05) is 26.0 Å². The van der Waals surface area contributed by atoms with Crippen molar-refractivity contribution in [2.75, 3.05) is 19.8 Å². The molecule has 1 fully saturated rings. The number of ether oxygens (including phenoxy) is 3. The number of fused-ring (bicyclic) bond motifs is 1. The SMILES string of the molecule is CCOc1cc2c(cc1CNC(=O)c1cccc(S(=O)(=O)NC[C@H]3CCCO3)c1)O[C@H](C)C2. The molecule has 0 saturated carbocycles. The molecule has 2 N–H and O–H groups in total. The number of nitrogens with one attached hydrogen (secondary N) is 2. The van der Waals surface area contributed by atoms with Crippen LogP contribution in [0.3, 0.4) is 0 Å². The maximum atomic E-state index is 12.8. The molecular weight excluding hydrogens is 444 g/mol. The minimum atomic E-state index is -3.74. The van der Waals surface area contributed by atoms with Gasteiger partial charge in [0.25, 0.3) is 5.91 Å². The predicted octanol–water partition coefficient (Wildman–Crippen LogP) is 2.80. The number of hydrogen-bond donors (Lipinski definition) is 2. The number of carbonyl (C=O) groups is 1. The average molecular weight is 475 g/mol. The van der Waals surface area contributed by atoms with Crippen LogP contribution in [0.15, 0.2) is 41.3 Å². The molecule has 33 heavy (non-hydrogen) atoms. The van der Waals surface area contributed by atoms with Gasteiger partial charge in [0.15, 0.2) is 0 Å². The van der Waals surface area contributed by atoms with E-state index in [9.17, 15) is 13.2 Å². The first-order valence-corrected chi connectivity index (χ1v) is 12.8. The number of amides is 1. The molecule has 0 unspecified atom stereocenters. The van der Waals surface area contributed by atoms with Gasteiger partial charge in [-0.2, -0.15) is 0 Å². The molecule has 0 radical (unpaired) electrons. The summed E-state index contributed by atoms with van der Waals surface area (Å²) in [5.41, 5.74) is 2.16. The Morgan fingerprint density at radius 2 is 2.09 bits per heavy atom. The van der Waals surface area contributed by atoms with Gasteiger partial charge in [0.2, 0.25) is 10.0 Å². The van der Waals surface area contributed by atoms with Crippen LogP contribution in [0.25, 0.3) is 0 Å². The molecule has 8 nitrogen and oxygen atoms in total. The van der Waals surface area contributed by atoms with Gasteiger partial charge in [-0.15, -0.1) is 0 Å². The third-order valence-electron chi connectivity index (χ3n) is 5.75. The number of rotatable bonds is 9. The van der Waals surface area contributed by atoms with E-state index in [1.165, 1.54) is 12.1 Å². The Labute approximate surface area is 194 Å². The molecule has 178 valence electrons. The number of hydrogen-bond acceptors (Lipinski definition) is 6. The van der Waals surface area contributed by atoms with Crippen molar-refractivity contribution in [1.29, 1.82) is 0 Å². The molecule has 2 aliphatic rings. The van der Waals surface area contributed by atoms with E-state index >= 15 is 0 Å². The zero-order valence-corrected chi connectivity index (χ0v) is 19.7. The minimum absolute atomic E-state index is 0.0445. The Bertz CT molecular complexity index is 1110. The van der Waals surface area contributed by atoms with E-state index < -0.39 is 10.0 Å². The summed E-state index contributed by atoms with van der Waals surface area (Å²) in [4.78, 5) is 12.8. The quantitative estimate of drug-likeness (QED) is 0.579. The summed E-state index contributed by atoms with van der Waals surface area (Å²) in [5, 5.41) is 2.86. The van der Waals surface area contributed by atoms with E-state index in [0.717, 1.165) is 36.1 Å². The predicted molar refractivity (Wildman–Crippen MR) is 123 cm³/mol. The van der Waals surface area contributed by atoms with Gasteiger partial charge in [-0.1, -0.05) is 6.07 Å². The summed E-state index contributed by atoms with van der Waals surface area (Å²) in [5.74, 6) is 1.15. The Morgan fingerprint density at radius 1 is 1.24 bits per heavy atom. The van der Waals surface area contributed by atoms with Crippen LogP contribution in [0.5, 0.6) is 11.5 Å². The van der Waals surface area contributed by atoms with Crippen LogP contribution in [-0.2, 0) is 27.7 Å². The van der Waals surface area contributed by atoms with Crippen molar-refractivity contribution in [1.82, 2.24) is 10.0 Å². The van der Waals surface area contributed by atoms with Crippen molar-refractivity contribution in [2.45, 2.75) is 56.8 Å². The molecular formula is C24H30N2O6S. The van der Waals surface area contributed by atoms with Gasteiger partial charge in [-0.25, -0.2) is 13.1 Å². The topological polar surface area (TPSA) is 103 Å². The Morgan fingerprint density at radius 3 is 2.85 bits per heavy atom. The lowest BCUT2D eigenvalue weighted by atomic mass is 10.1. The Hall–Kier alpha value is -2.62. The van der Waals surface area contributed by atoms with Crippen LogP contribution in [0.1, 0.15) is 48.2 Å². The van der Waals surface area contributed by atoms with Crippen LogP contribution in [0, 0.1) is 0 Å². The molecule has 9 heteroatoms. The monoisotopic (exact) mass is 474 g/mol. The van der Waals surface area contributed by atoms with Crippen LogP contribution >= 0.6 is 0 Å². The van der Waals surface area contributed by atoms with Gasteiger partial charge >= 0.3 is 0 Å². The molecule has 4 rings (SSSR count). The van der Waals surface area contributed by atoms with E-state index in [2.05, 4.69) is 10.0 Å². The maximum Gasteiger partial charge on any atom is 0.251 e. The highest BCUT2D eigenvalue weighted by atomic mass is 32.2. The van der Waals surface area contributed by atoms with Gasteiger partial charge < -0.3 is 19.5 Å². The molecule has 2 heterocycles. The standard InChI is InChI=1S/C24H30N2O6S/c1-3-30-22-12-18-10-16(2)32-23(18)13-19(22)14-25-24(27)17-6-4-8-21(11-17)33(28,29)26-15-20-7-5-9-31-20/h4,6,8,11-13,16,20,26H,3,5,7,9-10,14-15H2,1-2H3,(H,25,27)/t16-,20-/m1/s1. The van der Waals surface area contributed by atoms with Crippen LogP contribution in [-0.4, -0.2) is 46.3 Å². The van der Waals surface area contributed by atoms with Gasteiger partial charge in [-0.3, -0.25) is 4.79 Å². The largest absolute Gasteiger partial charge is 0.494 e. The van der Waals surface area contributed by atoms with Gasteiger partial charge in [0, 0.05) is 42.8 Å². The third kappa shape index (κ3) is 5.66. The molecule has 0 aliphatic carbocycles. The lowest BCUT2D eigenvalue weighted by Crippen LogP contribution is -2.32. The molecule has 2 aliphatic heterocycles. The van der Waals surface area contributed by atoms with Crippen molar-refractivity contribution in [3.8, 4) is 11.5 Å². The van der Waals surface area contributed by atoms with Crippen molar-refractivity contribution >= 4 is 15.9 Å². The fraction of sp³-hybridized carbons (Fsp3) is 0.458. The Kier molecular flexibility index (Phi) is 7.21. The summed E-state index contributed by atoms with van der Waals surface area (Å²) >= 11 is 0. The summed E-state index contributed by atoms with van der Waals surface area (Å²) in [6, 6.07) is 9.87. The van der Waals surface area contributed by atoms with Crippen molar-refractivity contribution < 1.29 is 27.4 Å². The highest BCUT2D eigenvalue weighted by Gasteiger charge is 2.23. The summed E-state index contributed by atoms with van der Waals surface area (Å²) in [6.45, 7) is 5.54. The summed E-state index contributed by atoms with van der Waals surface area (Å²) in [7, 11) is -3.74. The van der Waals surface area contributed by atoms with Crippen LogP contribution in [0.4, 0.5) is 0 Å². The zero-order valence-electron chi connectivity index (χ0n) is 18.9. The molecule has 1 amide bonds. The van der Waals surface area contributed by atoms with E-state index in [1.54, 1.807) is 12.1 Å². The summed E-state index contributed by atoms with van der Waals surface area (Å²) < 4.78 is 45.0. The number of sulfonamides is 1. The fourth-order valence-electron chi connectivity index (χ4n) is 4.08. The highest BCUT2D eigenvalue weighted by Crippen LogP contribution is 2.35. The van der Waals surface area contributed by atoms with E-state index in [0.29, 0.717) is 19.0 Å².